The Bertz CT molecular complexity index is 411. The highest BCUT2D eigenvalue weighted by Gasteiger charge is 2.57. The number of rotatable bonds is 3. The van der Waals surface area contributed by atoms with Gasteiger partial charge in [-0.1, -0.05) is 19.6 Å². The third-order valence-electron chi connectivity index (χ3n) is 3.42. The fourth-order valence-corrected chi connectivity index (χ4v) is 2.03. The molecule has 1 aliphatic heterocycles. The number of allylic oxidation sites excluding steroid dienone is 1. The van der Waals surface area contributed by atoms with E-state index >= 15 is 0 Å². The summed E-state index contributed by atoms with van der Waals surface area (Å²) in [6, 6.07) is 0. The molecule has 6 heteroatoms. The van der Waals surface area contributed by atoms with Crippen molar-refractivity contribution in [3.8, 4) is 0 Å². The molecular formula is C13H18F3NO2. The average Bonchev–Trinajstić information content (AvgIpc) is 2.35. The Morgan fingerprint density at radius 2 is 2.11 bits per heavy atom. The van der Waals surface area contributed by atoms with Crippen molar-refractivity contribution in [2.45, 2.75) is 38.5 Å². The van der Waals surface area contributed by atoms with Crippen molar-refractivity contribution in [2.75, 3.05) is 13.1 Å². The van der Waals surface area contributed by atoms with E-state index in [9.17, 15) is 23.1 Å². The molecule has 108 valence electrons. The lowest BCUT2D eigenvalue weighted by molar-refractivity contribution is -0.250. The Kier molecular flexibility index (Phi) is 4.45. The molecule has 0 radical (unpaired) electrons. The van der Waals surface area contributed by atoms with Crippen molar-refractivity contribution in [3.63, 3.8) is 0 Å². The summed E-state index contributed by atoms with van der Waals surface area (Å²) >= 11 is 0. The molecule has 0 bridgehead atoms. The van der Waals surface area contributed by atoms with Gasteiger partial charge < -0.3 is 10.0 Å². The van der Waals surface area contributed by atoms with Gasteiger partial charge in [-0.3, -0.25) is 4.79 Å². The van der Waals surface area contributed by atoms with Gasteiger partial charge in [0.2, 0.25) is 5.60 Å². The Balaban J connectivity index is 2.94. The number of aliphatic hydroxyl groups is 1. The Morgan fingerprint density at radius 1 is 1.53 bits per heavy atom. The van der Waals surface area contributed by atoms with Gasteiger partial charge in [0.25, 0.3) is 5.91 Å². The maximum Gasteiger partial charge on any atom is 0.426 e. The highest BCUT2D eigenvalue weighted by atomic mass is 19.4. The van der Waals surface area contributed by atoms with Crippen LogP contribution in [0.1, 0.15) is 26.7 Å². The average molecular weight is 277 g/mol. The summed E-state index contributed by atoms with van der Waals surface area (Å²) in [7, 11) is 0. The second-order valence-corrected chi connectivity index (χ2v) is 4.73. The van der Waals surface area contributed by atoms with E-state index < -0.39 is 17.7 Å². The van der Waals surface area contributed by atoms with Gasteiger partial charge >= 0.3 is 6.18 Å². The molecular weight excluding hydrogens is 259 g/mol. The van der Waals surface area contributed by atoms with Crippen molar-refractivity contribution < 1.29 is 23.1 Å². The van der Waals surface area contributed by atoms with Gasteiger partial charge in [-0.15, -0.1) is 0 Å². The zero-order chi connectivity index (χ0) is 14.8. The summed E-state index contributed by atoms with van der Waals surface area (Å²) < 4.78 is 37.9. The van der Waals surface area contributed by atoms with Gasteiger partial charge in [-0.05, 0) is 30.9 Å². The summed E-state index contributed by atoms with van der Waals surface area (Å²) in [5.41, 5.74) is -1.48. The normalized spacial score (nSPS) is 20.2. The van der Waals surface area contributed by atoms with Crippen LogP contribution in [0.5, 0.6) is 0 Å². The first-order valence-corrected chi connectivity index (χ1v) is 6.07. The Hall–Kier alpha value is -1.30. The third-order valence-corrected chi connectivity index (χ3v) is 3.42. The lowest BCUT2D eigenvalue weighted by atomic mass is 9.96. The van der Waals surface area contributed by atoms with Gasteiger partial charge in [-0.25, -0.2) is 0 Å². The van der Waals surface area contributed by atoms with E-state index in [2.05, 4.69) is 6.58 Å². The number of nitrogens with zero attached hydrogens (tertiary/aromatic N) is 1. The quantitative estimate of drug-likeness (QED) is 0.860. The van der Waals surface area contributed by atoms with Crippen LogP contribution in [0.4, 0.5) is 13.2 Å². The lowest BCUT2D eigenvalue weighted by Crippen LogP contribution is -2.57. The standard InChI is InChI=1S/C13H18F3NO2/c1-4-9-6-7-17(8-10(9)5-2)11(18)12(3,19)13(14,15)16/h4,19H,1,5-8H2,2-3H3/t12-/m0/s1. The van der Waals surface area contributed by atoms with E-state index in [1.165, 1.54) is 0 Å². The molecule has 0 aromatic carbocycles. The number of carbonyl (C=O) groups is 1. The molecule has 0 fully saturated rings. The topological polar surface area (TPSA) is 40.5 Å². The summed E-state index contributed by atoms with van der Waals surface area (Å²) in [6.45, 7) is 6.29. The van der Waals surface area contributed by atoms with Gasteiger partial charge in [0.1, 0.15) is 0 Å². The second-order valence-electron chi connectivity index (χ2n) is 4.73. The molecule has 0 unspecified atom stereocenters. The fraction of sp³-hybridized carbons (Fsp3) is 0.615. The van der Waals surface area contributed by atoms with Crippen LogP contribution in [0, 0.1) is 0 Å². The van der Waals surface area contributed by atoms with Crippen molar-refractivity contribution in [1.29, 1.82) is 0 Å². The predicted octanol–water partition coefficient (Wildman–Crippen LogP) is 2.42. The molecule has 1 amide bonds. The molecule has 1 aliphatic rings. The van der Waals surface area contributed by atoms with Crippen molar-refractivity contribution in [1.82, 2.24) is 4.90 Å². The highest BCUT2D eigenvalue weighted by Crippen LogP contribution is 2.33. The zero-order valence-corrected chi connectivity index (χ0v) is 11.0. The second kappa shape index (κ2) is 5.36. The molecule has 0 spiro atoms. The van der Waals surface area contributed by atoms with Gasteiger partial charge in [0.05, 0.1) is 0 Å². The Labute approximate surface area is 110 Å². The van der Waals surface area contributed by atoms with E-state index in [0.29, 0.717) is 19.8 Å². The van der Waals surface area contributed by atoms with E-state index in [1.807, 2.05) is 6.92 Å². The molecule has 1 heterocycles. The highest BCUT2D eigenvalue weighted by molar-refractivity contribution is 5.86. The van der Waals surface area contributed by atoms with Crippen LogP contribution in [0.15, 0.2) is 23.8 Å². The minimum absolute atomic E-state index is 0.114. The largest absolute Gasteiger partial charge is 0.426 e. The third kappa shape index (κ3) is 3.00. The first-order valence-electron chi connectivity index (χ1n) is 6.07. The molecule has 0 saturated carbocycles. The van der Waals surface area contributed by atoms with Gasteiger partial charge in [0, 0.05) is 13.1 Å². The van der Waals surface area contributed by atoms with Crippen LogP contribution in [0.2, 0.25) is 0 Å². The smallest absolute Gasteiger partial charge is 0.373 e. The number of hydrogen-bond acceptors (Lipinski definition) is 2. The van der Waals surface area contributed by atoms with Crippen LogP contribution in [-0.2, 0) is 4.79 Å². The molecule has 3 nitrogen and oxygen atoms in total. The molecule has 0 aromatic heterocycles. The lowest BCUT2D eigenvalue weighted by Gasteiger charge is -2.35. The first kappa shape index (κ1) is 15.8. The van der Waals surface area contributed by atoms with Gasteiger partial charge in [-0.2, -0.15) is 13.2 Å². The summed E-state index contributed by atoms with van der Waals surface area (Å²) in [4.78, 5) is 12.9. The SMILES string of the molecule is C=CC1=C(CC)CN(C(=O)[C@](C)(O)C(F)(F)F)CC1. The Morgan fingerprint density at radius 3 is 2.53 bits per heavy atom. The van der Waals surface area contributed by atoms with Crippen LogP contribution < -0.4 is 0 Å². The maximum absolute atomic E-state index is 12.6. The molecule has 1 rings (SSSR count). The minimum Gasteiger partial charge on any atom is -0.373 e. The monoisotopic (exact) mass is 277 g/mol. The molecule has 1 atom stereocenters. The number of amides is 1. The first-order chi connectivity index (χ1) is 8.65. The van der Waals surface area contributed by atoms with Crippen molar-refractivity contribution in [3.05, 3.63) is 23.8 Å². The molecule has 0 aromatic rings. The molecule has 0 saturated heterocycles. The van der Waals surface area contributed by atoms with Crippen molar-refractivity contribution >= 4 is 5.91 Å². The zero-order valence-electron chi connectivity index (χ0n) is 11.0. The molecule has 19 heavy (non-hydrogen) atoms. The fourth-order valence-electron chi connectivity index (χ4n) is 2.03. The number of carbonyl (C=O) groups excluding carboxylic acids is 1. The predicted molar refractivity (Wildman–Crippen MR) is 65.4 cm³/mol. The van der Waals surface area contributed by atoms with E-state index in [4.69, 9.17) is 0 Å². The van der Waals surface area contributed by atoms with Crippen LogP contribution >= 0.6 is 0 Å². The summed E-state index contributed by atoms with van der Waals surface area (Å²) in [5, 5.41) is 9.40. The number of alkyl halides is 3. The van der Waals surface area contributed by atoms with E-state index in [1.54, 1.807) is 6.08 Å². The summed E-state index contributed by atoms with van der Waals surface area (Å²) in [6.07, 6.45) is -2.20. The summed E-state index contributed by atoms with van der Waals surface area (Å²) in [5.74, 6) is -1.30. The van der Waals surface area contributed by atoms with Crippen LogP contribution in [-0.4, -0.2) is 40.8 Å². The van der Waals surface area contributed by atoms with E-state index in [0.717, 1.165) is 16.0 Å². The van der Waals surface area contributed by atoms with Crippen molar-refractivity contribution in [2.24, 2.45) is 0 Å². The molecule has 1 N–H and O–H groups in total. The number of halogens is 3. The van der Waals surface area contributed by atoms with Crippen LogP contribution in [0.25, 0.3) is 0 Å². The molecule has 0 aliphatic carbocycles. The van der Waals surface area contributed by atoms with E-state index in [-0.39, 0.29) is 13.1 Å². The van der Waals surface area contributed by atoms with Crippen LogP contribution in [0.3, 0.4) is 0 Å². The maximum atomic E-state index is 12.6. The number of hydrogen-bond donors (Lipinski definition) is 1. The minimum atomic E-state index is -4.97. The van der Waals surface area contributed by atoms with Gasteiger partial charge in [0.15, 0.2) is 0 Å².